The number of hydrogen-bond donors (Lipinski definition) is 2. The maximum atomic E-state index is 13.3. The zero-order chi connectivity index (χ0) is 25.5. The molecule has 184 valence electrons. The number of phenolic OH excluding ortho intramolecular Hbond substituents is 1. The summed E-state index contributed by atoms with van der Waals surface area (Å²) in [5.41, 5.74) is 3.80. The van der Waals surface area contributed by atoms with Crippen molar-refractivity contribution in [1.29, 1.82) is 0 Å². The van der Waals surface area contributed by atoms with E-state index in [-0.39, 0.29) is 17.2 Å². The van der Waals surface area contributed by atoms with Gasteiger partial charge in [0, 0.05) is 16.6 Å². The predicted molar refractivity (Wildman–Crippen MR) is 144 cm³/mol. The SMILES string of the molecule is O=C(CN(CCc1ccccc1)S(=O)(=O)c1ccc(Br)cc1)N/N=C\c1c(O)ccc2ccccc12. The Morgan fingerprint density at radius 1 is 0.944 bits per heavy atom. The summed E-state index contributed by atoms with van der Waals surface area (Å²) in [6.07, 6.45) is 1.80. The molecule has 7 nitrogen and oxygen atoms in total. The molecule has 36 heavy (non-hydrogen) atoms. The second kappa shape index (κ2) is 11.5. The highest BCUT2D eigenvalue weighted by atomic mass is 79.9. The van der Waals surface area contributed by atoms with Crippen molar-refractivity contribution in [2.45, 2.75) is 11.3 Å². The molecule has 0 aromatic heterocycles. The van der Waals surface area contributed by atoms with E-state index in [4.69, 9.17) is 0 Å². The van der Waals surface area contributed by atoms with Gasteiger partial charge in [0.1, 0.15) is 5.75 Å². The van der Waals surface area contributed by atoms with Crippen molar-refractivity contribution in [1.82, 2.24) is 9.73 Å². The monoisotopic (exact) mass is 565 g/mol. The third kappa shape index (κ3) is 6.17. The van der Waals surface area contributed by atoms with Gasteiger partial charge in [0.05, 0.1) is 17.7 Å². The molecule has 0 aliphatic carbocycles. The highest BCUT2D eigenvalue weighted by molar-refractivity contribution is 9.10. The molecule has 4 aromatic carbocycles. The summed E-state index contributed by atoms with van der Waals surface area (Å²) in [6, 6.07) is 26.6. The van der Waals surface area contributed by atoms with Crippen LogP contribution >= 0.6 is 15.9 Å². The number of nitrogens with zero attached hydrogens (tertiary/aromatic N) is 2. The number of fused-ring (bicyclic) bond motifs is 1. The molecular formula is C27H24BrN3O4S. The highest BCUT2D eigenvalue weighted by Gasteiger charge is 2.26. The van der Waals surface area contributed by atoms with E-state index in [1.54, 1.807) is 24.3 Å². The molecular weight excluding hydrogens is 542 g/mol. The van der Waals surface area contributed by atoms with Crippen molar-refractivity contribution < 1.29 is 18.3 Å². The summed E-state index contributed by atoms with van der Waals surface area (Å²) >= 11 is 3.31. The zero-order valence-electron chi connectivity index (χ0n) is 19.2. The molecule has 2 N–H and O–H groups in total. The molecule has 0 fully saturated rings. The molecule has 9 heteroatoms. The molecule has 0 atom stereocenters. The van der Waals surface area contributed by atoms with Crippen molar-refractivity contribution in [2.24, 2.45) is 5.10 Å². The lowest BCUT2D eigenvalue weighted by atomic mass is 10.0. The average molecular weight is 566 g/mol. The molecule has 0 aliphatic rings. The molecule has 4 aromatic rings. The van der Waals surface area contributed by atoms with Crippen LogP contribution in [0, 0.1) is 0 Å². The molecule has 0 bridgehead atoms. The van der Waals surface area contributed by atoms with Crippen LogP contribution < -0.4 is 5.43 Å². The lowest BCUT2D eigenvalue weighted by molar-refractivity contribution is -0.121. The van der Waals surface area contributed by atoms with Gasteiger partial charge in [-0.15, -0.1) is 0 Å². The fraction of sp³-hybridized carbons (Fsp3) is 0.111. The first-order chi connectivity index (χ1) is 17.3. The number of hydrogen-bond acceptors (Lipinski definition) is 5. The van der Waals surface area contributed by atoms with Gasteiger partial charge < -0.3 is 5.11 Å². The molecule has 0 radical (unpaired) electrons. The van der Waals surface area contributed by atoms with Gasteiger partial charge in [-0.3, -0.25) is 4.79 Å². The van der Waals surface area contributed by atoms with Crippen molar-refractivity contribution >= 4 is 48.8 Å². The molecule has 0 saturated heterocycles. The van der Waals surface area contributed by atoms with Crippen molar-refractivity contribution in [3.8, 4) is 5.75 Å². The lowest BCUT2D eigenvalue weighted by Crippen LogP contribution is -2.40. The van der Waals surface area contributed by atoms with E-state index in [0.717, 1.165) is 25.1 Å². The van der Waals surface area contributed by atoms with Gasteiger partial charge in [0.15, 0.2) is 0 Å². The predicted octanol–water partition coefficient (Wildman–Crippen LogP) is 4.69. The standard InChI is InChI=1S/C27H24BrN3O4S/c28-22-11-13-23(14-12-22)36(34,35)31(17-16-20-6-2-1-3-7-20)19-27(33)30-29-18-25-24-9-5-4-8-21(24)10-15-26(25)32/h1-15,18,32H,16-17,19H2,(H,30,33)/b29-18-. The smallest absolute Gasteiger partial charge is 0.255 e. The number of nitrogens with one attached hydrogen (secondary N) is 1. The summed E-state index contributed by atoms with van der Waals surface area (Å²) in [7, 11) is -3.94. The minimum atomic E-state index is -3.94. The second-order valence-corrected chi connectivity index (χ2v) is 10.9. The number of carbonyl (C=O) groups excluding carboxylic acids is 1. The quantitative estimate of drug-likeness (QED) is 0.227. The first-order valence-electron chi connectivity index (χ1n) is 11.2. The zero-order valence-corrected chi connectivity index (χ0v) is 21.6. The van der Waals surface area contributed by atoms with Gasteiger partial charge in [-0.2, -0.15) is 9.41 Å². The number of hydrazone groups is 1. The Bertz CT molecular complexity index is 1490. The van der Waals surface area contributed by atoms with E-state index >= 15 is 0 Å². The molecule has 0 unspecified atom stereocenters. The van der Waals surface area contributed by atoms with Gasteiger partial charge >= 0.3 is 0 Å². The van der Waals surface area contributed by atoms with Gasteiger partial charge in [-0.05, 0) is 53.1 Å². The molecule has 0 saturated carbocycles. The number of aromatic hydroxyl groups is 1. The number of sulfonamides is 1. The lowest BCUT2D eigenvalue weighted by Gasteiger charge is -2.21. The summed E-state index contributed by atoms with van der Waals surface area (Å²) in [6.45, 7) is -0.298. The van der Waals surface area contributed by atoms with Crippen LogP contribution in [0.3, 0.4) is 0 Å². The normalized spacial score (nSPS) is 11.8. The third-order valence-electron chi connectivity index (χ3n) is 5.59. The van der Waals surface area contributed by atoms with Gasteiger partial charge in [0.25, 0.3) is 5.91 Å². The molecule has 0 heterocycles. The van der Waals surface area contributed by atoms with Crippen LogP contribution in [-0.4, -0.2) is 43.0 Å². The summed E-state index contributed by atoms with van der Waals surface area (Å²) < 4.78 is 28.6. The topological polar surface area (TPSA) is 99.1 Å². The van der Waals surface area contributed by atoms with Crippen molar-refractivity contribution in [3.63, 3.8) is 0 Å². The van der Waals surface area contributed by atoms with Crippen LogP contribution in [0.25, 0.3) is 10.8 Å². The average Bonchev–Trinajstić information content (AvgIpc) is 2.88. The van der Waals surface area contributed by atoms with E-state index in [1.165, 1.54) is 18.3 Å². The van der Waals surface area contributed by atoms with Crippen LogP contribution in [0.2, 0.25) is 0 Å². The Hall–Kier alpha value is -3.53. The molecule has 1 amide bonds. The Balaban J connectivity index is 1.52. The van der Waals surface area contributed by atoms with E-state index < -0.39 is 22.5 Å². The van der Waals surface area contributed by atoms with Crippen LogP contribution in [0.4, 0.5) is 0 Å². The van der Waals surface area contributed by atoms with E-state index in [9.17, 15) is 18.3 Å². The van der Waals surface area contributed by atoms with Gasteiger partial charge in [0.2, 0.25) is 10.0 Å². The highest BCUT2D eigenvalue weighted by Crippen LogP contribution is 2.25. The minimum absolute atomic E-state index is 0.0222. The van der Waals surface area contributed by atoms with Crippen molar-refractivity contribution in [3.05, 3.63) is 107 Å². The second-order valence-electron chi connectivity index (χ2n) is 8.04. The number of halogens is 1. The van der Waals surface area contributed by atoms with Gasteiger partial charge in [-0.25, -0.2) is 13.8 Å². The Morgan fingerprint density at radius 3 is 2.39 bits per heavy atom. The van der Waals surface area contributed by atoms with Crippen LogP contribution in [0.1, 0.15) is 11.1 Å². The van der Waals surface area contributed by atoms with Crippen LogP contribution in [0.5, 0.6) is 5.75 Å². The summed E-state index contributed by atoms with van der Waals surface area (Å²) in [4.78, 5) is 12.8. The Labute approximate surface area is 218 Å². The number of amides is 1. The molecule has 0 spiro atoms. The first-order valence-corrected chi connectivity index (χ1v) is 13.4. The fourth-order valence-electron chi connectivity index (χ4n) is 3.72. The third-order valence-corrected chi connectivity index (χ3v) is 7.98. The van der Waals surface area contributed by atoms with E-state index in [2.05, 4.69) is 26.5 Å². The number of rotatable bonds is 9. The molecule has 4 rings (SSSR count). The fourth-order valence-corrected chi connectivity index (χ4v) is 5.38. The largest absolute Gasteiger partial charge is 0.507 e. The molecule has 0 aliphatic heterocycles. The summed E-state index contributed by atoms with van der Waals surface area (Å²) in [5, 5.41) is 15.9. The maximum absolute atomic E-state index is 13.3. The van der Waals surface area contributed by atoms with E-state index in [1.807, 2.05) is 54.6 Å². The maximum Gasteiger partial charge on any atom is 0.255 e. The van der Waals surface area contributed by atoms with Crippen molar-refractivity contribution in [2.75, 3.05) is 13.1 Å². The van der Waals surface area contributed by atoms with E-state index in [0.29, 0.717) is 12.0 Å². The number of carbonyl (C=O) groups is 1. The van der Waals surface area contributed by atoms with Crippen LogP contribution in [-0.2, 0) is 21.2 Å². The Kier molecular flexibility index (Phi) is 8.14. The minimum Gasteiger partial charge on any atom is -0.507 e. The number of phenols is 1. The van der Waals surface area contributed by atoms with Crippen LogP contribution in [0.15, 0.2) is 105 Å². The van der Waals surface area contributed by atoms with Gasteiger partial charge in [-0.1, -0.05) is 76.6 Å². The first kappa shape index (κ1) is 25.6. The Morgan fingerprint density at radius 2 is 1.64 bits per heavy atom. The summed E-state index contributed by atoms with van der Waals surface area (Å²) in [5.74, 6) is -0.575. The number of benzene rings is 4.